The van der Waals surface area contributed by atoms with E-state index in [0.717, 1.165) is 18.2 Å². The van der Waals surface area contributed by atoms with E-state index < -0.39 is 17.8 Å². The molecule has 0 spiro atoms. The molecule has 0 unspecified atom stereocenters. The number of ether oxygens (including phenoxy) is 2. The third-order valence-electron chi connectivity index (χ3n) is 3.14. The van der Waals surface area contributed by atoms with Gasteiger partial charge in [-0.2, -0.15) is 0 Å². The van der Waals surface area contributed by atoms with Crippen LogP contribution in [-0.2, 0) is 4.79 Å². The van der Waals surface area contributed by atoms with Gasteiger partial charge < -0.3 is 25.0 Å². The van der Waals surface area contributed by atoms with Gasteiger partial charge >= 0.3 is 11.9 Å². The largest absolute Gasteiger partial charge is 0.493 e. The molecule has 0 bridgehead atoms. The molecule has 3 N–H and O–H groups in total. The van der Waals surface area contributed by atoms with Crippen LogP contribution < -0.4 is 14.8 Å². The molecule has 0 aromatic heterocycles. The number of carbonyl (C=O) groups is 3. The highest BCUT2D eigenvalue weighted by molar-refractivity contribution is 5.98. The van der Waals surface area contributed by atoms with E-state index in [2.05, 4.69) is 5.32 Å². The number of para-hydroxylation sites is 2. The topological polar surface area (TPSA) is 122 Å². The van der Waals surface area contributed by atoms with Crippen LogP contribution in [0.5, 0.6) is 11.5 Å². The first-order valence-corrected chi connectivity index (χ1v) is 7.08. The maximum atomic E-state index is 12.0. The predicted molar refractivity (Wildman–Crippen MR) is 87.5 cm³/mol. The number of aromatic carboxylic acids is 2. The molecule has 0 aliphatic carbocycles. The second-order valence-electron chi connectivity index (χ2n) is 4.90. The molecule has 0 fully saturated rings. The van der Waals surface area contributed by atoms with Gasteiger partial charge in [0.05, 0.1) is 18.2 Å². The summed E-state index contributed by atoms with van der Waals surface area (Å²) >= 11 is 0. The first-order chi connectivity index (χ1) is 11.9. The standard InChI is InChI=1S/C17H15NO7/c1-24-13-4-2-3-5-14(13)25-9-15(19)18-12-7-10(16(20)21)6-11(8-12)17(22)23/h2-8H,9H2,1H3,(H,18,19)(H,20,21)(H,22,23). The van der Waals surface area contributed by atoms with Gasteiger partial charge in [0.15, 0.2) is 18.1 Å². The maximum Gasteiger partial charge on any atom is 0.335 e. The molecule has 0 radical (unpaired) electrons. The number of hydrogen-bond acceptors (Lipinski definition) is 5. The summed E-state index contributed by atoms with van der Waals surface area (Å²) in [6, 6.07) is 10.1. The molecular formula is C17H15NO7. The Morgan fingerprint density at radius 3 is 2.04 bits per heavy atom. The number of methoxy groups -OCH3 is 1. The first-order valence-electron chi connectivity index (χ1n) is 7.08. The molecule has 25 heavy (non-hydrogen) atoms. The predicted octanol–water partition coefficient (Wildman–Crippen LogP) is 2.11. The van der Waals surface area contributed by atoms with Gasteiger partial charge in [-0.1, -0.05) is 12.1 Å². The lowest BCUT2D eigenvalue weighted by Crippen LogP contribution is -2.21. The number of carbonyl (C=O) groups excluding carboxylic acids is 1. The van der Waals surface area contributed by atoms with E-state index in [1.165, 1.54) is 7.11 Å². The Kier molecular flexibility index (Phi) is 5.57. The molecule has 8 nitrogen and oxygen atoms in total. The third-order valence-corrected chi connectivity index (χ3v) is 3.14. The molecule has 0 saturated heterocycles. The van der Waals surface area contributed by atoms with Crippen LogP contribution >= 0.6 is 0 Å². The average Bonchev–Trinajstić information content (AvgIpc) is 2.59. The van der Waals surface area contributed by atoms with Gasteiger partial charge in [-0.25, -0.2) is 9.59 Å². The molecule has 0 atom stereocenters. The summed E-state index contributed by atoms with van der Waals surface area (Å²) in [5, 5.41) is 20.4. The number of amides is 1. The van der Waals surface area contributed by atoms with Crippen molar-refractivity contribution in [2.24, 2.45) is 0 Å². The molecule has 130 valence electrons. The van der Waals surface area contributed by atoms with Gasteiger partial charge in [0.25, 0.3) is 5.91 Å². The van der Waals surface area contributed by atoms with Crippen LogP contribution in [0, 0.1) is 0 Å². The third kappa shape index (κ3) is 4.71. The molecule has 2 aromatic carbocycles. The van der Waals surface area contributed by atoms with Crippen molar-refractivity contribution in [2.75, 3.05) is 19.0 Å². The highest BCUT2D eigenvalue weighted by Crippen LogP contribution is 2.25. The van der Waals surface area contributed by atoms with Crippen molar-refractivity contribution in [1.29, 1.82) is 0 Å². The van der Waals surface area contributed by atoms with Gasteiger partial charge in [-0.05, 0) is 30.3 Å². The maximum absolute atomic E-state index is 12.0. The van der Waals surface area contributed by atoms with Crippen molar-refractivity contribution in [1.82, 2.24) is 0 Å². The van der Waals surface area contributed by atoms with E-state index >= 15 is 0 Å². The number of benzene rings is 2. The molecule has 0 aliphatic heterocycles. The Morgan fingerprint density at radius 1 is 0.960 bits per heavy atom. The Hall–Kier alpha value is -3.55. The average molecular weight is 345 g/mol. The van der Waals surface area contributed by atoms with Gasteiger partial charge in [0.1, 0.15) is 0 Å². The van der Waals surface area contributed by atoms with Gasteiger partial charge in [0, 0.05) is 5.69 Å². The lowest BCUT2D eigenvalue weighted by Gasteiger charge is -2.11. The second-order valence-corrected chi connectivity index (χ2v) is 4.90. The zero-order valence-corrected chi connectivity index (χ0v) is 13.2. The van der Waals surface area contributed by atoms with Gasteiger partial charge in [0.2, 0.25) is 0 Å². The first kappa shape index (κ1) is 17.8. The lowest BCUT2D eigenvalue weighted by molar-refractivity contribution is -0.118. The molecular weight excluding hydrogens is 330 g/mol. The minimum Gasteiger partial charge on any atom is -0.493 e. The molecule has 0 saturated carbocycles. The van der Waals surface area contributed by atoms with Crippen LogP contribution in [-0.4, -0.2) is 41.8 Å². The summed E-state index contributed by atoms with van der Waals surface area (Å²) in [5.41, 5.74) is -0.451. The lowest BCUT2D eigenvalue weighted by atomic mass is 10.1. The van der Waals surface area contributed by atoms with Crippen LogP contribution in [0.25, 0.3) is 0 Å². The fourth-order valence-electron chi connectivity index (χ4n) is 2.03. The Bertz CT molecular complexity index is 784. The molecule has 8 heteroatoms. The number of anilines is 1. The quantitative estimate of drug-likeness (QED) is 0.702. The van der Waals surface area contributed by atoms with Crippen molar-refractivity contribution in [3.63, 3.8) is 0 Å². The zero-order chi connectivity index (χ0) is 18.4. The number of carboxylic acids is 2. The number of hydrogen-bond donors (Lipinski definition) is 3. The molecule has 2 aromatic rings. The summed E-state index contributed by atoms with van der Waals surface area (Å²) in [5.74, 6) is -2.36. The minimum atomic E-state index is -1.30. The Balaban J connectivity index is 2.09. The zero-order valence-electron chi connectivity index (χ0n) is 13.2. The van der Waals surface area contributed by atoms with Crippen molar-refractivity contribution in [2.45, 2.75) is 0 Å². The van der Waals surface area contributed by atoms with Crippen molar-refractivity contribution < 1.29 is 34.1 Å². The monoisotopic (exact) mass is 345 g/mol. The van der Waals surface area contributed by atoms with Crippen LogP contribution in [0.3, 0.4) is 0 Å². The van der Waals surface area contributed by atoms with Crippen molar-refractivity contribution >= 4 is 23.5 Å². The summed E-state index contributed by atoms with van der Waals surface area (Å²) in [6.45, 7) is -0.361. The van der Waals surface area contributed by atoms with Crippen LogP contribution in [0.2, 0.25) is 0 Å². The minimum absolute atomic E-state index is 0.0472. The van der Waals surface area contributed by atoms with E-state index in [1.807, 2.05) is 0 Å². The number of nitrogens with one attached hydrogen (secondary N) is 1. The Morgan fingerprint density at radius 2 is 1.52 bits per heavy atom. The molecule has 1 amide bonds. The molecule has 0 heterocycles. The van der Waals surface area contributed by atoms with Gasteiger partial charge in [-0.15, -0.1) is 0 Å². The summed E-state index contributed by atoms with van der Waals surface area (Å²) in [6.07, 6.45) is 0. The highest BCUT2D eigenvalue weighted by atomic mass is 16.5. The van der Waals surface area contributed by atoms with E-state index in [-0.39, 0.29) is 23.4 Å². The van der Waals surface area contributed by atoms with E-state index in [0.29, 0.717) is 11.5 Å². The molecule has 2 rings (SSSR count). The second kappa shape index (κ2) is 7.82. The van der Waals surface area contributed by atoms with Crippen LogP contribution in [0.4, 0.5) is 5.69 Å². The van der Waals surface area contributed by atoms with Crippen molar-refractivity contribution in [3.05, 3.63) is 53.6 Å². The smallest absolute Gasteiger partial charge is 0.335 e. The normalized spacial score (nSPS) is 9.96. The van der Waals surface area contributed by atoms with E-state index in [1.54, 1.807) is 24.3 Å². The van der Waals surface area contributed by atoms with E-state index in [4.69, 9.17) is 19.7 Å². The number of rotatable bonds is 7. The fraction of sp³-hybridized carbons (Fsp3) is 0.118. The van der Waals surface area contributed by atoms with E-state index in [9.17, 15) is 14.4 Å². The van der Waals surface area contributed by atoms with Crippen molar-refractivity contribution in [3.8, 4) is 11.5 Å². The summed E-state index contributed by atoms with van der Waals surface area (Å²) in [4.78, 5) is 34.1. The number of carboxylic acid groups (broad SMARTS) is 2. The molecule has 0 aliphatic rings. The Labute approximate surface area is 142 Å². The summed E-state index contributed by atoms with van der Waals surface area (Å²) in [7, 11) is 1.47. The highest BCUT2D eigenvalue weighted by Gasteiger charge is 2.13. The van der Waals surface area contributed by atoms with Gasteiger partial charge in [-0.3, -0.25) is 4.79 Å². The SMILES string of the molecule is COc1ccccc1OCC(=O)Nc1cc(C(=O)O)cc(C(=O)O)c1. The van der Waals surface area contributed by atoms with Crippen LogP contribution in [0.1, 0.15) is 20.7 Å². The summed E-state index contributed by atoms with van der Waals surface area (Å²) < 4.78 is 10.4. The fourth-order valence-corrected chi connectivity index (χ4v) is 2.03. The van der Waals surface area contributed by atoms with Crippen LogP contribution in [0.15, 0.2) is 42.5 Å².